The van der Waals surface area contributed by atoms with Crippen molar-refractivity contribution in [3.63, 3.8) is 0 Å². The average molecular weight is 396 g/mol. The van der Waals surface area contributed by atoms with Gasteiger partial charge >= 0.3 is 6.18 Å². The summed E-state index contributed by atoms with van der Waals surface area (Å²) in [5.41, 5.74) is -1.36. The number of ether oxygens (including phenoxy) is 1. The Kier molecular flexibility index (Phi) is 4.93. The molecule has 0 spiro atoms. The summed E-state index contributed by atoms with van der Waals surface area (Å²) in [7, 11) is 0. The first-order valence-corrected chi connectivity index (χ1v) is 7.97. The van der Waals surface area contributed by atoms with Crippen LogP contribution in [0.5, 0.6) is 11.6 Å². The van der Waals surface area contributed by atoms with Crippen LogP contribution < -0.4 is 10.2 Å². The van der Waals surface area contributed by atoms with Gasteiger partial charge in [0.25, 0.3) is 0 Å². The van der Waals surface area contributed by atoms with Gasteiger partial charge in [-0.05, 0) is 32.0 Å². The average Bonchev–Trinajstić information content (AvgIpc) is 2.60. The van der Waals surface area contributed by atoms with Crippen molar-refractivity contribution in [1.82, 2.24) is 9.97 Å². The van der Waals surface area contributed by atoms with Gasteiger partial charge in [-0.25, -0.2) is 13.8 Å². The van der Waals surface area contributed by atoms with E-state index in [1.165, 1.54) is 13.0 Å². The molecule has 4 nitrogen and oxygen atoms in total. The van der Waals surface area contributed by atoms with Crippen molar-refractivity contribution in [3.05, 3.63) is 75.2 Å². The van der Waals surface area contributed by atoms with Crippen molar-refractivity contribution in [2.45, 2.75) is 20.0 Å². The Labute approximate surface area is 155 Å². The summed E-state index contributed by atoms with van der Waals surface area (Å²) in [6, 6.07) is 5.09. The normalized spacial score (nSPS) is 11.5. The van der Waals surface area contributed by atoms with Crippen molar-refractivity contribution >= 4 is 0 Å². The number of alkyl halides is 3. The Balaban J connectivity index is 2.18. The molecular weight excluding hydrogens is 383 g/mol. The molecule has 0 bridgehead atoms. The van der Waals surface area contributed by atoms with E-state index in [0.29, 0.717) is 11.9 Å². The molecule has 0 unspecified atom stereocenters. The molecule has 3 aromatic rings. The van der Waals surface area contributed by atoms with Crippen LogP contribution in [0, 0.1) is 25.5 Å². The number of aromatic amines is 1. The summed E-state index contributed by atoms with van der Waals surface area (Å²) in [5, 5.41) is 0. The number of nitrogens with one attached hydrogen (secondary N) is 1. The molecule has 0 aliphatic carbocycles. The topological polar surface area (TPSA) is 55.0 Å². The van der Waals surface area contributed by atoms with Crippen LogP contribution in [0.4, 0.5) is 22.0 Å². The van der Waals surface area contributed by atoms with Gasteiger partial charge in [-0.1, -0.05) is 0 Å². The molecular formula is C19H13F5N2O2. The minimum Gasteiger partial charge on any atom is -0.438 e. The molecule has 9 heteroatoms. The number of aromatic nitrogens is 2. The van der Waals surface area contributed by atoms with Crippen LogP contribution in [0.25, 0.3) is 11.3 Å². The number of rotatable bonds is 3. The van der Waals surface area contributed by atoms with Gasteiger partial charge in [0.2, 0.25) is 5.88 Å². The molecule has 0 saturated heterocycles. The molecule has 0 radical (unpaired) electrons. The minimum absolute atomic E-state index is 0.0406. The van der Waals surface area contributed by atoms with E-state index in [1.807, 2.05) is 0 Å². The fourth-order valence-corrected chi connectivity index (χ4v) is 2.56. The summed E-state index contributed by atoms with van der Waals surface area (Å²) in [5.74, 6) is -2.66. The van der Waals surface area contributed by atoms with E-state index in [4.69, 9.17) is 4.74 Å². The number of H-pyrrole nitrogens is 1. The van der Waals surface area contributed by atoms with Crippen LogP contribution in [0.2, 0.25) is 0 Å². The third-order valence-electron chi connectivity index (χ3n) is 3.94. The van der Waals surface area contributed by atoms with Crippen molar-refractivity contribution in [2.24, 2.45) is 0 Å². The van der Waals surface area contributed by atoms with E-state index in [1.54, 1.807) is 6.92 Å². The Morgan fingerprint density at radius 2 is 1.79 bits per heavy atom. The lowest BCUT2D eigenvalue weighted by Gasteiger charge is -2.15. The molecule has 2 aromatic heterocycles. The number of aryl methyl sites for hydroxylation is 1. The number of pyridine rings is 2. The van der Waals surface area contributed by atoms with Crippen LogP contribution in [-0.4, -0.2) is 9.97 Å². The molecule has 0 saturated carbocycles. The minimum atomic E-state index is -4.68. The monoisotopic (exact) mass is 396 g/mol. The van der Waals surface area contributed by atoms with Crippen molar-refractivity contribution in [1.29, 1.82) is 0 Å². The summed E-state index contributed by atoms with van der Waals surface area (Å²) in [6.45, 7) is 2.82. The maximum atomic E-state index is 13.8. The third-order valence-corrected chi connectivity index (χ3v) is 3.94. The van der Waals surface area contributed by atoms with Gasteiger partial charge < -0.3 is 9.72 Å². The highest BCUT2D eigenvalue weighted by atomic mass is 19.4. The van der Waals surface area contributed by atoms with E-state index in [-0.39, 0.29) is 28.5 Å². The number of halogens is 5. The second-order valence-corrected chi connectivity index (χ2v) is 6.07. The third kappa shape index (κ3) is 3.88. The van der Waals surface area contributed by atoms with Gasteiger partial charge in [0.05, 0.1) is 16.8 Å². The lowest BCUT2D eigenvalue weighted by Crippen LogP contribution is -2.08. The second kappa shape index (κ2) is 7.06. The summed E-state index contributed by atoms with van der Waals surface area (Å²) >= 11 is 0. The zero-order chi connectivity index (χ0) is 20.6. The van der Waals surface area contributed by atoms with E-state index >= 15 is 0 Å². The fraction of sp³-hybridized carbons (Fsp3) is 0.158. The van der Waals surface area contributed by atoms with Crippen molar-refractivity contribution in [3.8, 4) is 22.9 Å². The van der Waals surface area contributed by atoms with E-state index in [2.05, 4.69) is 9.97 Å². The van der Waals surface area contributed by atoms with Crippen LogP contribution >= 0.6 is 0 Å². The number of hydrogen-bond acceptors (Lipinski definition) is 3. The maximum absolute atomic E-state index is 13.8. The quantitative estimate of drug-likeness (QED) is 0.624. The van der Waals surface area contributed by atoms with Gasteiger partial charge in [0.1, 0.15) is 5.75 Å². The Morgan fingerprint density at radius 1 is 1.07 bits per heavy atom. The molecule has 1 aromatic carbocycles. The number of nitrogens with zero attached hydrogens (tertiary/aromatic N) is 1. The van der Waals surface area contributed by atoms with Gasteiger partial charge in [0.15, 0.2) is 17.1 Å². The Hall–Kier alpha value is -3.23. The SMILES string of the molecule is Cc1cc(=O)cc(-c2cc(C(F)(F)F)cnc2Oc2ccc(F)c(F)c2C)[nH]1. The molecule has 146 valence electrons. The molecule has 3 rings (SSSR count). The second-order valence-electron chi connectivity index (χ2n) is 6.07. The van der Waals surface area contributed by atoms with E-state index in [0.717, 1.165) is 24.3 Å². The first-order chi connectivity index (χ1) is 13.1. The van der Waals surface area contributed by atoms with Gasteiger partial charge in [-0.3, -0.25) is 4.79 Å². The van der Waals surface area contributed by atoms with Gasteiger partial charge in [-0.15, -0.1) is 0 Å². The molecule has 28 heavy (non-hydrogen) atoms. The number of benzene rings is 1. The smallest absolute Gasteiger partial charge is 0.417 e. The van der Waals surface area contributed by atoms with Crippen LogP contribution in [0.15, 0.2) is 41.3 Å². The first-order valence-electron chi connectivity index (χ1n) is 7.97. The largest absolute Gasteiger partial charge is 0.438 e. The predicted molar refractivity (Wildman–Crippen MR) is 91.2 cm³/mol. The van der Waals surface area contributed by atoms with Crippen LogP contribution in [0.1, 0.15) is 16.8 Å². The molecule has 2 heterocycles. The van der Waals surface area contributed by atoms with Gasteiger partial charge in [-0.2, -0.15) is 13.2 Å². The standard InChI is InChI=1S/C19H13F5N2O2/c1-9-5-12(27)7-15(26-9)13-6-11(19(22,23)24)8-25-18(13)28-16-4-3-14(20)17(21)10(16)2/h3-8H,1-2H3,(H,26,27). The predicted octanol–water partition coefficient (Wildman–Crippen LogP) is 5.14. The van der Waals surface area contributed by atoms with Crippen molar-refractivity contribution < 1.29 is 26.7 Å². The molecule has 0 amide bonds. The molecule has 1 N–H and O–H groups in total. The highest BCUT2D eigenvalue weighted by Gasteiger charge is 2.32. The van der Waals surface area contributed by atoms with Gasteiger partial charge in [0, 0.05) is 29.6 Å². The molecule has 0 atom stereocenters. The summed E-state index contributed by atoms with van der Waals surface area (Å²) < 4.78 is 71.9. The zero-order valence-electron chi connectivity index (χ0n) is 14.6. The van der Waals surface area contributed by atoms with Crippen LogP contribution in [0.3, 0.4) is 0 Å². The van der Waals surface area contributed by atoms with Crippen LogP contribution in [-0.2, 0) is 6.18 Å². The van der Waals surface area contributed by atoms with Crippen molar-refractivity contribution in [2.75, 3.05) is 0 Å². The van der Waals surface area contributed by atoms with E-state index in [9.17, 15) is 26.7 Å². The summed E-state index contributed by atoms with van der Waals surface area (Å²) in [6.07, 6.45) is -4.12. The zero-order valence-corrected chi connectivity index (χ0v) is 14.6. The molecule has 0 fully saturated rings. The highest BCUT2D eigenvalue weighted by Crippen LogP contribution is 2.37. The lowest BCUT2D eigenvalue weighted by molar-refractivity contribution is -0.137. The Morgan fingerprint density at radius 3 is 2.43 bits per heavy atom. The lowest BCUT2D eigenvalue weighted by atomic mass is 10.1. The first kappa shape index (κ1) is 19.5. The number of hydrogen-bond donors (Lipinski definition) is 1. The maximum Gasteiger partial charge on any atom is 0.417 e. The molecule has 0 aliphatic rings. The van der Waals surface area contributed by atoms with E-state index < -0.39 is 28.8 Å². The highest BCUT2D eigenvalue weighted by molar-refractivity contribution is 5.66. The molecule has 0 aliphatic heterocycles. The Bertz CT molecular complexity index is 1110. The summed E-state index contributed by atoms with van der Waals surface area (Å²) in [4.78, 5) is 18.2. The fourth-order valence-electron chi connectivity index (χ4n) is 2.56.